The minimum absolute atomic E-state index is 0.0816. The van der Waals surface area contributed by atoms with Gasteiger partial charge in [0.25, 0.3) is 0 Å². The van der Waals surface area contributed by atoms with Gasteiger partial charge in [-0.15, -0.1) is 0 Å². The van der Waals surface area contributed by atoms with Crippen molar-refractivity contribution in [3.8, 4) is 5.75 Å². The van der Waals surface area contributed by atoms with Crippen LogP contribution in [0.25, 0.3) is 0 Å². The fraction of sp³-hybridized carbons (Fsp3) is 0.417. The van der Waals surface area contributed by atoms with Crippen molar-refractivity contribution in [3.63, 3.8) is 0 Å². The van der Waals surface area contributed by atoms with E-state index in [-0.39, 0.29) is 13.0 Å². The van der Waals surface area contributed by atoms with Gasteiger partial charge in [0.05, 0.1) is 6.42 Å². The van der Waals surface area contributed by atoms with Gasteiger partial charge in [0.2, 0.25) is 0 Å². The number of aryl methyl sites for hydroxylation is 1. The summed E-state index contributed by atoms with van der Waals surface area (Å²) in [6, 6.07) is 5.10. The van der Waals surface area contributed by atoms with Crippen LogP contribution in [0.2, 0.25) is 5.02 Å². The molecule has 0 aromatic heterocycles. The molecule has 94 valence electrons. The number of halogens is 1. The summed E-state index contributed by atoms with van der Waals surface area (Å²) in [4.78, 5) is 10.5. The number of hydrogen-bond donors (Lipinski definition) is 2. The maximum atomic E-state index is 10.5. The molecule has 0 aliphatic carbocycles. The summed E-state index contributed by atoms with van der Waals surface area (Å²) < 4.78 is 5.39. The highest BCUT2D eigenvalue weighted by Gasteiger charge is 2.25. The molecule has 2 N–H and O–H groups in total. The first kappa shape index (κ1) is 13.8. The Morgan fingerprint density at radius 1 is 1.53 bits per heavy atom. The molecule has 5 heteroatoms. The molecule has 0 fully saturated rings. The van der Waals surface area contributed by atoms with E-state index in [0.717, 1.165) is 5.56 Å². The second-order valence-corrected chi connectivity index (χ2v) is 4.70. The van der Waals surface area contributed by atoms with Crippen molar-refractivity contribution in [2.24, 2.45) is 0 Å². The molecule has 1 aromatic rings. The van der Waals surface area contributed by atoms with Gasteiger partial charge in [-0.3, -0.25) is 4.79 Å². The molecule has 0 spiro atoms. The van der Waals surface area contributed by atoms with Gasteiger partial charge in [0.15, 0.2) is 0 Å². The minimum Gasteiger partial charge on any atom is -0.490 e. The Kier molecular flexibility index (Phi) is 4.37. The van der Waals surface area contributed by atoms with Gasteiger partial charge in [-0.2, -0.15) is 0 Å². The van der Waals surface area contributed by atoms with Crippen LogP contribution in [0.1, 0.15) is 18.9 Å². The molecule has 0 heterocycles. The smallest absolute Gasteiger partial charge is 0.306 e. The molecule has 4 nitrogen and oxygen atoms in total. The maximum Gasteiger partial charge on any atom is 0.306 e. The first-order valence-electron chi connectivity index (χ1n) is 5.13. The predicted octanol–water partition coefficient (Wildman–Crippen LogP) is 2.25. The van der Waals surface area contributed by atoms with E-state index in [1.807, 2.05) is 6.92 Å². The van der Waals surface area contributed by atoms with Crippen molar-refractivity contribution in [1.82, 2.24) is 0 Å². The molecule has 1 unspecified atom stereocenters. The summed E-state index contributed by atoms with van der Waals surface area (Å²) in [7, 11) is 0. The molecule has 17 heavy (non-hydrogen) atoms. The number of carbonyl (C=O) groups is 1. The molecule has 1 rings (SSSR count). The van der Waals surface area contributed by atoms with Crippen LogP contribution in [-0.2, 0) is 4.79 Å². The summed E-state index contributed by atoms with van der Waals surface area (Å²) in [6.45, 7) is 3.17. The number of aliphatic hydroxyl groups is 1. The van der Waals surface area contributed by atoms with Crippen molar-refractivity contribution < 1.29 is 19.7 Å². The van der Waals surface area contributed by atoms with Crippen LogP contribution in [0.4, 0.5) is 0 Å². The lowest BCUT2D eigenvalue weighted by molar-refractivity contribution is -0.143. The van der Waals surface area contributed by atoms with E-state index in [0.29, 0.717) is 10.8 Å². The third-order valence-electron chi connectivity index (χ3n) is 2.21. The Morgan fingerprint density at radius 2 is 2.18 bits per heavy atom. The van der Waals surface area contributed by atoms with Gasteiger partial charge >= 0.3 is 5.97 Å². The largest absolute Gasteiger partial charge is 0.490 e. The molecular weight excluding hydrogens is 244 g/mol. The average Bonchev–Trinajstić information content (AvgIpc) is 2.14. The second-order valence-electron chi connectivity index (χ2n) is 4.27. The van der Waals surface area contributed by atoms with E-state index in [1.54, 1.807) is 18.2 Å². The Hall–Kier alpha value is -1.26. The molecule has 0 saturated heterocycles. The fourth-order valence-corrected chi connectivity index (χ4v) is 1.61. The third kappa shape index (κ3) is 4.63. The first-order valence-corrected chi connectivity index (χ1v) is 5.51. The van der Waals surface area contributed by atoms with Gasteiger partial charge < -0.3 is 14.9 Å². The average molecular weight is 259 g/mol. The minimum atomic E-state index is -1.39. The van der Waals surface area contributed by atoms with E-state index < -0.39 is 11.6 Å². The quantitative estimate of drug-likeness (QED) is 0.850. The van der Waals surface area contributed by atoms with E-state index in [9.17, 15) is 9.90 Å². The van der Waals surface area contributed by atoms with E-state index in [1.165, 1.54) is 6.92 Å². The van der Waals surface area contributed by atoms with Crippen LogP contribution in [0.3, 0.4) is 0 Å². The molecule has 0 aliphatic rings. The number of ether oxygens (including phenoxy) is 1. The molecular formula is C12H15ClO4. The number of carboxylic acid groups (broad SMARTS) is 1. The first-order chi connectivity index (χ1) is 7.80. The van der Waals surface area contributed by atoms with E-state index >= 15 is 0 Å². The summed E-state index contributed by atoms with van der Waals surface area (Å²) in [5.41, 5.74) is -0.554. The number of rotatable bonds is 5. The van der Waals surface area contributed by atoms with Crippen LogP contribution in [0, 0.1) is 6.92 Å². The zero-order valence-corrected chi connectivity index (χ0v) is 10.5. The summed E-state index contributed by atoms with van der Waals surface area (Å²) in [5, 5.41) is 19.0. The highest BCUT2D eigenvalue weighted by atomic mass is 35.5. The molecule has 0 bridgehead atoms. The number of carboxylic acids is 1. The van der Waals surface area contributed by atoms with Crippen LogP contribution in [0.15, 0.2) is 18.2 Å². The van der Waals surface area contributed by atoms with Crippen molar-refractivity contribution in [1.29, 1.82) is 0 Å². The Balaban J connectivity index is 2.64. The van der Waals surface area contributed by atoms with E-state index in [4.69, 9.17) is 21.4 Å². The summed E-state index contributed by atoms with van der Waals surface area (Å²) >= 11 is 5.79. The van der Waals surface area contributed by atoms with Gasteiger partial charge in [-0.1, -0.05) is 11.6 Å². The van der Waals surface area contributed by atoms with Crippen molar-refractivity contribution >= 4 is 17.6 Å². The topological polar surface area (TPSA) is 66.8 Å². The van der Waals surface area contributed by atoms with Crippen molar-refractivity contribution in [2.75, 3.05) is 6.61 Å². The SMILES string of the molecule is Cc1cc(Cl)ccc1OCC(C)(O)CC(=O)O. The standard InChI is InChI=1S/C12H15ClO4/c1-8-5-9(13)3-4-10(8)17-7-12(2,16)6-11(14)15/h3-5,16H,6-7H2,1-2H3,(H,14,15). The predicted molar refractivity (Wildman–Crippen MR) is 64.6 cm³/mol. The molecule has 0 radical (unpaired) electrons. The lowest BCUT2D eigenvalue weighted by Gasteiger charge is -2.22. The molecule has 1 aromatic carbocycles. The zero-order chi connectivity index (χ0) is 13.1. The lowest BCUT2D eigenvalue weighted by Crippen LogP contribution is -2.35. The second kappa shape index (κ2) is 5.38. The Morgan fingerprint density at radius 3 is 2.71 bits per heavy atom. The number of hydrogen-bond acceptors (Lipinski definition) is 3. The van der Waals surface area contributed by atoms with Crippen molar-refractivity contribution in [3.05, 3.63) is 28.8 Å². The number of benzene rings is 1. The summed E-state index contributed by atoms with van der Waals surface area (Å²) in [5.74, 6) is -0.480. The van der Waals surface area contributed by atoms with Gasteiger partial charge in [-0.05, 0) is 37.6 Å². The molecule has 0 aliphatic heterocycles. The third-order valence-corrected chi connectivity index (χ3v) is 2.44. The van der Waals surface area contributed by atoms with Crippen LogP contribution >= 0.6 is 11.6 Å². The van der Waals surface area contributed by atoms with Crippen molar-refractivity contribution in [2.45, 2.75) is 25.9 Å². The lowest BCUT2D eigenvalue weighted by atomic mass is 10.0. The normalized spacial score (nSPS) is 14.1. The van der Waals surface area contributed by atoms with Crippen LogP contribution in [-0.4, -0.2) is 28.4 Å². The number of aliphatic carboxylic acids is 1. The monoisotopic (exact) mass is 258 g/mol. The maximum absolute atomic E-state index is 10.5. The van der Waals surface area contributed by atoms with Gasteiger partial charge in [-0.25, -0.2) is 0 Å². The fourth-order valence-electron chi connectivity index (χ4n) is 1.38. The summed E-state index contributed by atoms with van der Waals surface area (Å²) in [6.07, 6.45) is -0.361. The molecule has 0 saturated carbocycles. The van der Waals surface area contributed by atoms with E-state index in [2.05, 4.69) is 0 Å². The Bertz CT molecular complexity index is 415. The molecule has 0 amide bonds. The highest BCUT2D eigenvalue weighted by molar-refractivity contribution is 6.30. The Labute approximate surface area is 105 Å². The van der Waals surface area contributed by atoms with Gasteiger partial charge in [0.1, 0.15) is 18.0 Å². The van der Waals surface area contributed by atoms with Crippen LogP contribution < -0.4 is 4.74 Å². The van der Waals surface area contributed by atoms with Gasteiger partial charge in [0, 0.05) is 5.02 Å². The highest BCUT2D eigenvalue weighted by Crippen LogP contribution is 2.23. The zero-order valence-electron chi connectivity index (χ0n) is 9.74. The molecule has 1 atom stereocenters. The van der Waals surface area contributed by atoms with Crippen LogP contribution in [0.5, 0.6) is 5.75 Å².